The minimum Gasteiger partial charge on any atom is -0.352 e. The van der Waals surface area contributed by atoms with Gasteiger partial charge in [-0.15, -0.1) is 0 Å². The number of carbonyl (C=O) groups is 2. The predicted molar refractivity (Wildman–Crippen MR) is 135 cm³/mol. The molecule has 3 rings (SSSR count). The summed E-state index contributed by atoms with van der Waals surface area (Å²) in [4.78, 5) is 27.8. The van der Waals surface area contributed by atoms with Gasteiger partial charge >= 0.3 is 0 Å². The first kappa shape index (κ1) is 26.7. The minimum atomic E-state index is -3.80. The van der Waals surface area contributed by atoms with Gasteiger partial charge in [0.05, 0.1) is 11.9 Å². The second kappa shape index (κ2) is 11.7. The Bertz CT molecular complexity index is 1130. The maximum Gasteiger partial charge on any atom is 0.244 e. The van der Waals surface area contributed by atoms with Crippen molar-refractivity contribution in [2.75, 3.05) is 17.1 Å². The van der Waals surface area contributed by atoms with Crippen LogP contribution in [-0.2, 0) is 32.6 Å². The van der Waals surface area contributed by atoms with Crippen molar-refractivity contribution in [1.29, 1.82) is 0 Å². The van der Waals surface area contributed by atoms with Crippen molar-refractivity contribution in [3.8, 4) is 0 Å². The molecular formula is C26H34FN3O4S. The summed E-state index contributed by atoms with van der Waals surface area (Å²) < 4.78 is 40.7. The topological polar surface area (TPSA) is 86.8 Å². The summed E-state index contributed by atoms with van der Waals surface area (Å²) >= 11 is 0. The van der Waals surface area contributed by atoms with Crippen molar-refractivity contribution in [3.05, 3.63) is 65.5 Å². The van der Waals surface area contributed by atoms with Crippen molar-refractivity contribution in [3.63, 3.8) is 0 Å². The standard InChI is InChI=1S/C26H34FN3O4S/c1-4-20-13-15-23(16-14-20)30(35(3,33)34)18-25(31)29(17-21-9-5-8-12-24(21)27)19(2)26(32)28-22-10-6-7-11-22/h5,8-9,12-16,19,22H,4,6-7,10-11,17-18H2,1-3H3,(H,28,32). The maximum absolute atomic E-state index is 14.4. The fourth-order valence-electron chi connectivity index (χ4n) is 4.30. The average molecular weight is 504 g/mol. The third kappa shape index (κ3) is 7.04. The molecule has 7 nitrogen and oxygen atoms in total. The number of nitrogens with zero attached hydrogens (tertiary/aromatic N) is 2. The van der Waals surface area contributed by atoms with E-state index in [2.05, 4.69) is 5.32 Å². The molecule has 1 N–H and O–H groups in total. The second-order valence-electron chi connectivity index (χ2n) is 9.07. The van der Waals surface area contributed by atoms with Crippen LogP contribution in [0.15, 0.2) is 48.5 Å². The predicted octanol–water partition coefficient (Wildman–Crippen LogP) is 3.63. The van der Waals surface area contributed by atoms with E-state index in [1.165, 1.54) is 11.0 Å². The summed E-state index contributed by atoms with van der Waals surface area (Å²) in [5.41, 5.74) is 1.64. The van der Waals surface area contributed by atoms with Gasteiger partial charge in [-0.2, -0.15) is 0 Å². The van der Waals surface area contributed by atoms with Gasteiger partial charge in [0.15, 0.2) is 0 Å². The Hall–Kier alpha value is -2.94. The first-order valence-corrected chi connectivity index (χ1v) is 13.8. The van der Waals surface area contributed by atoms with Gasteiger partial charge in [0.1, 0.15) is 18.4 Å². The summed E-state index contributed by atoms with van der Waals surface area (Å²) in [6.45, 7) is 2.92. The lowest BCUT2D eigenvalue weighted by Gasteiger charge is -2.32. The highest BCUT2D eigenvalue weighted by atomic mass is 32.2. The summed E-state index contributed by atoms with van der Waals surface area (Å²) in [6.07, 6.45) is 5.67. The Kier molecular flexibility index (Phi) is 8.88. The van der Waals surface area contributed by atoms with E-state index in [0.29, 0.717) is 5.69 Å². The van der Waals surface area contributed by atoms with Gasteiger partial charge in [0.25, 0.3) is 0 Å². The van der Waals surface area contributed by atoms with Gasteiger partial charge in [-0.3, -0.25) is 13.9 Å². The van der Waals surface area contributed by atoms with E-state index in [4.69, 9.17) is 0 Å². The highest BCUT2D eigenvalue weighted by Gasteiger charge is 2.31. The zero-order chi connectivity index (χ0) is 25.6. The maximum atomic E-state index is 14.4. The summed E-state index contributed by atoms with van der Waals surface area (Å²) in [6, 6.07) is 12.1. The smallest absolute Gasteiger partial charge is 0.244 e. The average Bonchev–Trinajstić information content (AvgIpc) is 3.34. The quantitative estimate of drug-likeness (QED) is 0.537. The molecule has 1 aliphatic carbocycles. The third-order valence-electron chi connectivity index (χ3n) is 6.48. The molecular weight excluding hydrogens is 469 g/mol. The summed E-state index contributed by atoms with van der Waals surface area (Å²) in [5, 5.41) is 2.98. The molecule has 0 aromatic heterocycles. The molecule has 190 valence electrons. The van der Waals surface area contributed by atoms with Crippen LogP contribution in [0.5, 0.6) is 0 Å². The molecule has 1 fully saturated rings. The van der Waals surface area contributed by atoms with Gasteiger partial charge in [-0.25, -0.2) is 12.8 Å². The molecule has 2 aromatic rings. The van der Waals surface area contributed by atoms with Crippen LogP contribution in [-0.4, -0.2) is 50.0 Å². The molecule has 0 bridgehead atoms. The number of benzene rings is 2. The van der Waals surface area contributed by atoms with E-state index < -0.39 is 34.3 Å². The lowest BCUT2D eigenvalue weighted by molar-refractivity contribution is -0.139. The van der Waals surface area contributed by atoms with E-state index in [0.717, 1.165) is 48.2 Å². The summed E-state index contributed by atoms with van der Waals surface area (Å²) in [7, 11) is -3.80. The van der Waals surface area contributed by atoms with Crippen LogP contribution in [0.4, 0.5) is 10.1 Å². The number of aryl methyl sites for hydroxylation is 1. The molecule has 0 saturated heterocycles. The van der Waals surface area contributed by atoms with Crippen molar-refractivity contribution in [2.45, 2.75) is 64.6 Å². The molecule has 1 aliphatic rings. The van der Waals surface area contributed by atoms with Gasteiger partial charge in [-0.1, -0.05) is 50.1 Å². The summed E-state index contributed by atoms with van der Waals surface area (Å²) in [5.74, 6) is -1.42. The number of hydrogen-bond acceptors (Lipinski definition) is 4. The molecule has 0 radical (unpaired) electrons. The number of anilines is 1. The van der Waals surface area contributed by atoms with Crippen molar-refractivity contribution < 1.29 is 22.4 Å². The van der Waals surface area contributed by atoms with Crippen LogP contribution in [0.2, 0.25) is 0 Å². The zero-order valence-corrected chi connectivity index (χ0v) is 21.4. The second-order valence-corrected chi connectivity index (χ2v) is 11.0. The van der Waals surface area contributed by atoms with Crippen LogP contribution in [0, 0.1) is 5.82 Å². The van der Waals surface area contributed by atoms with Crippen LogP contribution in [0.25, 0.3) is 0 Å². The monoisotopic (exact) mass is 503 g/mol. The lowest BCUT2D eigenvalue weighted by Crippen LogP contribution is -2.52. The Morgan fingerprint density at radius 1 is 1.09 bits per heavy atom. The molecule has 0 heterocycles. The first-order valence-electron chi connectivity index (χ1n) is 12.0. The molecule has 2 amide bonds. The zero-order valence-electron chi connectivity index (χ0n) is 20.5. The first-order chi connectivity index (χ1) is 16.6. The van der Waals surface area contributed by atoms with Crippen molar-refractivity contribution in [1.82, 2.24) is 10.2 Å². The van der Waals surface area contributed by atoms with Crippen LogP contribution in [0.3, 0.4) is 0 Å². The molecule has 2 aromatic carbocycles. The van der Waals surface area contributed by atoms with Crippen LogP contribution < -0.4 is 9.62 Å². The minimum absolute atomic E-state index is 0.0555. The molecule has 1 unspecified atom stereocenters. The largest absolute Gasteiger partial charge is 0.352 e. The lowest BCUT2D eigenvalue weighted by atomic mass is 10.1. The van der Waals surface area contributed by atoms with Crippen molar-refractivity contribution >= 4 is 27.5 Å². The Balaban J connectivity index is 1.88. The van der Waals surface area contributed by atoms with Gasteiger partial charge in [-0.05, 0) is 49.9 Å². The van der Waals surface area contributed by atoms with Crippen LogP contribution in [0.1, 0.15) is 50.7 Å². The van der Waals surface area contributed by atoms with E-state index in [1.807, 2.05) is 19.1 Å². The number of carbonyl (C=O) groups excluding carboxylic acids is 2. The van der Waals surface area contributed by atoms with Gasteiger partial charge < -0.3 is 10.2 Å². The van der Waals surface area contributed by atoms with Gasteiger partial charge in [0, 0.05) is 18.2 Å². The SMILES string of the molecule is CCc1ccc(N(CC(=O)N(Cc2ccccc2F)C(C)C(=O)NC2CCCC2)S(C)(=O)=O)cc1. The van der Waals surface area contributed by atoms with E-state index in [-0.39, 0.29) is 24.1 Å². The molecule has 1 saturated carbocycles. The number of nitrogens with one attached hydrogen (secondary N) is 1. The fraction of sp³-hybridized carbons (Fsp3) is 0.462. The Morgan fingerprint density at radius 2 is 1.71 bits per heavy atom. The number of rotatable bonds is 10. The van der Waals surface area contributed by atoms with Crippen molar-refractivity contribution in [2.24, 2.45) is 0 Å². The molecule has 0 aliphatic heterocycles. The highest BCUT2D eigenvalue weighted by molar-refractivity contribution is 7.92. The third-order valence-corrected chi connectivity index (χ3v) is 7.62. The number of hydrogen-bond donors (Lipinski definition) is 1. The van der Waals surface area contributed by atoms with E-state index in [9.17, 15) is 22.4 Å². The fourth-order valence-corrected chi connectivity index (χ4v) is 5.15. The highest BCUT2D eigenvalue weighted by Crippen LogP contribution is 2.21. The van der Waals surface area contributed by atoms with Crippen LogP contribution >= 0.6 is 0 Å². The molecule has 35 heavy (non-hydrogen) atoms. The Morgan fingerprint density at radius 3 is 2.29 bits per heavy atom. The van der Waals surface area contributed by atoms with Gasteiger partial charge in [0.2, 0.25) is 21.8 Å². The molecule has 0 spiro atoms. The number of sulfonamides is 1. The van der Waals surface area contributed by atoms with E-state index >= 15 is 0 Å². The number of halogens is 1. The Labute approximate surface area is 207 Å². The number of amides is 2. The molecule has 9 heteroatoms. The molecule has 1 atom stereocenters. The normalized spacial score (nSPS) is 15.0. The van der Waals surface area contributed by atoms with E-state index in [1.54, 1.807) is 37.3 Å².